The number of hydrogen-bond donors (Lipinski definition) is 0. The lowest BCUT2D eigenvalue weighted by atomic mass is 10.0. The van der Waals surface area contributed by atoms with E-state index in [1.54, 1.807) is 0 Å². The largest absolute Gasteiger partial charge is 0.489 e. The molecule has 1 aromatic carbocycles. The number of likely N-dealkylation sites (tertiary alicyclic amines) is 1. The highest BCUT2D eigenvalue weighted by Crippen LogP contribution is 2.41. The molecule has 0 spiro atoms. The van der Waals surface area contributed by atoms with Crippen LogP contribution < -0.4 is 4.74 Å². The number of carbonyl (C=O) groups is 1. The second-order valence-electron chi connectivity index (χ2n) is 10.3. The number of carbonyl (C=O) groups excluding carboxylic acids is 1. The molecule has 0 radical (unpaired) electrons. The summed E-state index contributed by atoms with van der Waals surface area (Å²) >= 11 is 5.57. The van der Waals surface area contributed by atoms with Crippen molar-refractivity contribution in [2.24, 2.45) is 11.8 Å². The topological polar surface area (TPSA) is 45.2 Å². The molecular formula is C24H36BrN3O3S. The molecule has 1 amide bonds. The van der Waals surface area contributed by atoms with E-state index in [4.69, 9.17) is 9.47 Å². The first kappa shape index (κ1) is 24.2. The van der Waals surface area contributed by atoms with Crippen LogP contribution in [0, 0.1) is 11.8 Å². The van der Waals surface area contributed by atoms with Crippen molar-refractivity contribution in [1.29, 1.82) is 0 Å². The first-order valence-electron chi connectivity index (χ1n) is 11.6. The molecular weight excluding hydrogens is 490 g/mol. The first-order valence-corrected chi connectivity index (χ1v) is 13.6. The number of benzene rings is 1. The number of piperazine rings is 1. The van der Waals surface area contributed by atoms with Crippen molar-refractivity contribution in [2.45, 2.75) is 51.9 Å². The van der Waals surface area contributed by atoms with Crippen molar-refractivity contribution in [3.63, 3.8) is 0 Å². The van der Waals surface area contributed by atoms with Gasteiger partial charge < -0.3 is 14.4 Å². The Bertz CT molecular complexity index is 796. The minimum absolute atomic E-state index is 0.183. The number of halogens is 1. The van der Waals surface area contributed by atoms with Crippen molar-refractivity contribution in [3.8, 4) is 5.75 Å². The Balaban J connectivity index is 1.26. The van der Waals surface area contributed by atoms with Crippen LogP contribution in [0.3, 0.4) is 0 Å². The zero-order chi connectivity index (χ0) is 22.9. The summed E-state index contributed by atoms with van der Waals surface area (Å²) in [6.45, 7) is 12.8. The van der Waals surface area contributed by atoms with Crippen molar-refractivity contribution >= 4 is 34.0 Å². The summed E-state index contributed by atoms with van der Waals surface area (Å²) in [6, 6.07) is 6.51. The fraction of sp³-hybridized carbons (Fsp3) is 0.708. The van der Waals surface area contributed by atoms with Gasteiger partial charge in [0.05, 0.1) is 10.6 Å². The number of ether oxygens (including phenoxy) is 2. The summed E-state index contributed by atoms with van der Waals surface area (Å²) in [5.74, 6) is 1.94. The molecule has 3 fully saturated rings. The Morgan fingerprint density at radius 1 is 1.12 bits per heavy atom. The Morgan fingerprint density at radius 2 is 1.78 bits per heavy atom. The van der Waals surface area contributed by atoms with Gasteiger partial charge in [0.25, 0.3) is 0 Å². The Labute approximate surface area is 205 Å². The van der Waals surface area contributed by atoms with Gasteiger partial charge in [-0.05, 0) is 85.3 Å². The normalized spacial score (nSPS) is 26.9. The van der Waals surface area contributed by atoms with Crippen molar-refractivity contribution in [2.75, 3.05) is 45.5 Å². The third kappa shape index (κ3) is 6.13. The maximum Gasteiger partial charge on any atom is 0.410 e. The fourth-order valence-corrected chi connectivity index (χ4v) is 6.11. The zero-order valence-electron chi connectivity index (χ0n) is 19.7. The monoisotopic (exact) mass is 525 g/mol. The lowest BCUT2D eigenvalue weighted by Gasteiger charge is -2.33. The fourth-order valence-electron chi connectivity index (χ4n) is 5.06. The molecule has 1 aromatic rings. The number of amides is 1. The molecule has 32 heavy (non-hydrogen) atoms. The predicted molar refractivity (Wildman–Crippen MR) is 133 cm³/mol. The number of fused-ring (bicyclic) bond motifs is 1. The SMILES string of the molecule is CSN1CCN(Cc2ccc(OC3CC4CN(C(=O)OC(C)(C)C)C[C@@H]4C3)c(Br)c2)CC1. The second kappa shape index (κ2) is 10.1. The zero-order valence-corrected chi connectivity index (χ0v) is 22.1. The van der Waals surface area contributed by atoms with E-state index in [0.717, 1.165) is 68.9 Å². The minimum Gasteiger partial charge on any atom is -0.489 e. The van der Waals surface area contributed by atoms with Crippen LogP contribution in [0.25, 0.3) is 0 Å². The van der Waals surface area contributed by atoms with Gasteiger partial charge >= 0.3 is 6.09 Å². The van der Waals surface area contributed by atoms with Gasteiger partial charge in [-0.15, -0.1) is 0 Å². The molecule has 1 aliphatic carbocycles. The van der Waals surface area contributed by atoms with E-state index >= 15 is 0 Å². The van der Waals surface area contributed by atoms with E-state index in [9.17, 15) is 4.79 Å². The Kier molecular flexibility index (Phi) is 7.64. The summed E-state index contributed by atoms with van der Waals surface area (Å²) < 4.78 is 15.4. The minimum atomic E-state index is -0.443. The standard InChI is InChI=1S/C24H36BrN3O3S/c1-24(2,3)31-23(29)27-15-18-12-20(13-19(18)16-27)30-22-6-5-17(11-21(22)25)14-26-7-9-28(32-4)10-8-26/h5-6,11,18-20H,7-10,12-16H2,1-4H3/t18-,19?,20?/m0/s1. The van der Waals surface area contributed by atoms with E-state index in [1.165, 1.54) is 5.56 Å². The molecule has 1 saturated carbocycles. The van der Waals surface area contributed by atoms with Crippen LogP contribution >= 0.6 is 27.9 Å². The van der Waals surface area contributed by atoms with Crippen molar-refractivity contribution in [3.05, 3.63) is 28.2 Å². The summed E-state index contributed by atoms with van der Waals surface area (Å²) in [7, 11) is 0. The average Bonchev–Trinajstić information content (AvgIpc) is 3.28. The van der Waals surface area contributed by atoms with E-state index in [1.807, 2.05) is 37.6 Å². The number of nitrogens with zero attached hydrogens (tertiary/aromatic N) is 3. The molecule has 8 heteroatoms. The molecule has 6 nitrogen and oxygen atoms in total. The average molecular weight is 527 g/mol. The molecule has 3 atom stereocenters. The third-order valence-corrected chi connectivity index (χ3v) is 8.15. The van der Waals surface area contributed by atoms with Gasteiger partial charge in [-0.3, -0.25) is 4.90 Å². The van der Waals surface area contributed by atoms with Gasteiger partial charge in [-0.25, -0.2) is 9.10 Å². The molecule has 2 aliphatic heterocycles. The van der Waals surface area contributed by atoms with E-state index < -0.39 is 5.60 Å². The van der Waals surface area contributed by atoms with Crippen molar-refractivity contribution < 1.29 is 14.3 Å². The van der Waals surface area contributed by atoms with Crippen LogP contribution in [0.1, 0.15) is 39.2 Å². The summed E-state index contributed by atoms with van der Waals surface area (Å²) in [5.41, 5.74) is 0.875. The van der Waals surface area contributed by atoms with Crippen molar-refractivity contribution in [1.82, 2.24) is 14.1 Å². The van der Waals surface area contributed by atoms with Crippen LogP contribution in [0.2, 0.25) is 0 Å². The van der Waals surface area contributed by atoms with Gasteiger partial charge in [0.2, 0.25) is 0 Å². The van der Waals surface area contributed by atoms with Gasteiger partial charge in [-0.1, -0.05) is 18.0 Å². The van der Waals surface area contributed by atoms with Crippen LogP contribution in [-0.2, 0) is 11.3 Å². The first-order chi connectivity index (χ1) is 15.2. The third-order valence-electron chi connectivity index (χ3n) is 6.64. The molecule has 2 heterocycles. The van der Waals surface area contributed by atoms with Gasteiger partial charge in [0, 0.05) is 45.8 Å². The molecule has 0 N–H and O–H groups in total. The quantitative estimate of drug-likeness (QED) is 0.511. The van der Waals surface area contributed by atoms with Crippen LogP contribution in [0.5, 0.6) is 5.75 Å². The molecule has 4 rings (SSSR count). The van der Waals surface area contributed by atoms with Crippen LogP contribution in [0.4, 0.5) is 4.79 Å². The highest BCUT2D eigenvalue weighted by molar-refractivity contribution is 9.10. The molecule has 178 valence electrons. The maximum absolute atomic E-state index is 12.4. The predicted octanol–water partition coefficient (Wildman–Crippen LogP) is 4.87. The molecule has 0 aromatic heterocycles. The van der Waals surface area contributed by atoms with E-state index in [0.29, 0.717) is 11.8 Å². The highest BCUT2D eigenvalue weighted by Gasteiger charge is 2.44. The van der Waals surface area contributed by atoms with E-state index in [2.05, 4.69) is 49.6 Å². The molecule has 2 unspecified atom stereocenters. The van der Waals surface area contributed by atoms with Crippen LogP contribution in [0.15, 0.2) is 22.7 Å². The molecule has 2 saturated heterocycles. The van der Waals surface area contributed by atoms with Crippen LogP contribution in [-0.4, -0.2) is 77.4 Å². The molecule has 3 aliphatic rings. The summed E-state index contributed by atoms with van der Waals surface area (Å²) in [4.78, 5) is 16.8. The number of rotatable bonds is 5. The van der Waals surface area contributed by atoms with Gasteiger partial charge in [0.1, 0.15) is 11.4 Å². The Hall–Kier alpha value is -0.960. The van der Waals surface area contributed by atoms with Gasteiger partial charge in [-0.2, -0.15) is 0 Å². The summed E-state index contributed by atoms with van der Waals surface area (Å²) in [6.07, 6.45) is 4.18. The second-order valence-corrected chi connectivity index (χ2v) is 12.0. The maximum atomic E-state index is 12.4. The van der Waals surface area contributed by atoms with E-state index in [-0.39, 0.29) is 12.2 Å². The highest BCUT2D eigenvalue weighted by atomic mass is 79.9. The lowest BCUT2D eigenvalue weighted by Crippen LogP contribution is -2.42. The summed E-state index contributed by atoms with van der Waals surface area (Å²) in [5, 5.41) is 0. The smallest absolute Gasteiger partial charge is 0.410 e. The molecule has 0 bridgehead atoms. The number of hydrogen-bond acceptors (Lipinski definition) is 6. The lowest BCUT2D eigenvalue weighted by molar-refractivity contribution is 0.0272. The van der Waals surface area contributed by atoms with Gasteiger partial charge in [0.15, 0.2) is 0 Å². The Morgan fingerprint density at radius 3 is 2.34 bits per heavy atom.